The Kier molecular flexibility index (Phi) is 6.59. The average molecular weight is 206 g/mol. The summed E-state index contributed by atoms with van der Waals surface area (Å²) in [6.45, 7) is 10.4. The molecule has 0 saturated carbocycles. The molecule has 0 amide bonds. The Balaban J connectivity index is 4.24. The van der Waals surface area contributed by atoms with Crippen LogP contribution in [0.5, 0.6) is 0 Å². The predicted molar refractivity (Wildman–Crippen MR) is 69.6 cm³/mol. The number of aliphatic imine (C=N–C) groups is 2. The molecule has 0 aliphatic carbocycles. The Morgan fingerprint density at radius 2 is 1.73 bits per heavy atom. The summed E-state index contributed by atoms with van der Waals surface area (Å²) in [4.78, 5) is 8.28. The van der Waals surface area contributed by atoms with Crippen molar-refractivity contribution >= 4 is 12.4 Å². The highest BCUT2D eigenvalue weighted by Gasteiger charge is 2.08. The topological polar surface area (TPSA) is 24.7 Å². The van der Waals surface area contributed by atoms with Gasteiger partial charge in [-0.15, -0.1) is 0 Å². The summed E-state index contributed by atoms with van der Waals surface area (Å²) in [6.07, 6.45) is 11.4. The van der Waals surface area contributed by atoms with Gasteiger partial charge in [0.15, 0.2) is 0 Å². The first-order valence-corrected chi connectivity index (χ1v) is 5.34. The second-order valence-corrected chi connectivity index (χ2v) is 4.41. The minimum absolute atomic E-state index is 0.0478. The minimum Gasteiger partial charge on any atom is -0.270 e. The minimum atomic E-state index is -0.0478. The van der Waals surface area contributed by atoms with Crippen molar-refractivity contribution in [1.29, 1.82) is 0 Å². The fraction of sp³-hybridized carbons (Fsp3) is 0.538. The number of hydrogen-bond donors (Lipinski definition) is 0. The van der Waals surface area contributed by atoms with Crippen molar-refractivity contribution in [3.8, 4) is 0 Å². The SMILES string of the molecule is C/C=N\C=C/C(C)(C)/C=N\C=C\C(C)C. The molecule has 2 heteroatoms. The van der Waals surface area contributed by atoms with Crippen LogP contribution in [0, 0.1) is 11.3 Å². The maximum Gasteiger partial charge on any atom is 0.0232 e. The van der Waals surface area contributed by atoms with Gasteiger partial charge in [-0.05, 0) is 12.8 Å². The first kappa shape index (κ1) is 13.8. The number of hydrogen-bond acceptors (Lipinski definition) is 2. The van der Waals surface area contributed by atoms with Gasteiger partial charge < -0.3 is 0 Å². The predicted octanol–water partition coefficient (Wildman–Crippen LogP) is 3.86. The molecular formula is C13H22N2. The first-order chi connectivity index (χ1) is 6.98. The molecular weight excluding hydrogens is 184 g/mol. The van der Waals surface area contributed by atoms with Gasteiger partial charge in [-0.3, -0.25) is 9.98 Å². The van der Waals surface area contributed by atoms with Crippen molar-refractivity contribution in [2.75, 3.05) is 0 Å². The molecule has 0 aliphatic heterocycles. The normalized spacial score (nSPS) is 14.5. The van der Waals surface area contributed by atoms with E-state index in [9.17, 15) is 0 Å². The Morgan fingerprint density at radius 1 is 1.07 bits per heavy atom. The number of allylic oxidation sites excluding steroid dienone is 2. The van der Waals surface area contributed by atoms with E-state index in [1.54, 1.807) is 12.4 Å². The van der Waals surface area contributed by atoms with Gasteiger partial charge in [0, 0.05) is 30.2 Å². The lowest BCUT2D eigenvalue weighted by molar-refractivity contribution is 0.692. The van der Waals surface area contributed by atoms with E-state index in [0.29, 0.717) is 5.92 Å². The summed E-state index contributed by atoms with van der Waals surface area (Å²) in [5.74, 6) is 0.547. The van der Waals surface area contributed by atoms with Crippen molar-refractivity contribution in [2.45, 2.75) is 34.6 Å². The Bertz CT molecular complexity index is 268. The van der Waals surface area contributed by atoms with Gasteiger partial charge in [-0.1, -0.05) is 39.8 Å². The summed E-state index contributed by atoms with van der Waals surface area (Å²) in [6, 6.07) is 0. The third-order valence-corrected chi connectivity index (χ3v) is 1.70. The molecule has 0 aromatic heterocycles. The van der Waals surface area contributed by atoms with Gasteiger partial charge in [0.05, 0.1) is 0 Å². The zero-order valence-corrected chi connectivity index (χ0v) is 10.4. The Labute approximate surface area is 93.5 Å². The smallest absolute Gasteiger partial charge is 0.0232 e. The largest absolute Gasteiger partial charge is 0.270 e. The van der Waals surface area contributed by atoms with Crippen LogP contribution in [-0.4, -0.2) is 12.4 Å². The lowest BCUT2D eigenvalue weighted by atomic mass is 9.95. The molecule has 84 valence electrons. The van der Waals surface area contributed by atoms with Gasteiger partial charge in [0.1, 0.15) is 0 Å². The molecule has 0 heterocycles. The van der Waals surface area contributed by atoms with Crippen LogP contribution in [0.15, 0.2) is 34.5 Å². The van der Waals surface area contributed by atoms with Gasteiger partial charge in [-0.2, -0.15) is 0 Å². The highest BCUT2D eigenvalue weighted by molar-refractivity contribution is 5.68. The molecule has 15 heavy (non-hydrogen) atoms. The summed E-state index contributed by atoms with van der Waals surface area (Å²) < 4.78 is 0. The monoisotopic (exact) mass is 206 g/mol. The molecule has 0 atom stereocenters. The number of rotatable bonds is 5. The van der Waals surface area contributed by atoms with E-state index in [4.69, 9.17) is 0 Å². The molecule has 0 N–H and O–H groups in total. The zero-order chi connectivity index (χ0) is 11.7. The van der Waals surface area contributed by atoms with E-state index in [-0.39, 0.29) is 5.41 Å². The molecule has 0 rings (SSSR count). The van der Waals surface area contributed by atoms with Crippen LogP contribution in [-0.2, 0) is 0 Å². The summed E-state index contributed by atoms with van der Waals surface area (Å²) in [7, 11) is 0. The Hall–Kier alpha value is -1.18. The molecule has 0 saturated heterocycles. The van der Waals surface area contributed by atoms with E-state index >= 15 is 0 Å². The van der Waals surface area contributed by atoms with Crippen molar-refractivity contribution in [3.05, 3.63) is 24.6 Å². The van der Waals surface area contributed by atoms with Crippen molar-refractivity contribution in [2.24, 2.45) is 21.3 Å². The maximum atomic E-state index is 4.25. The second kappa shape index (κ2) is 7.16. The van der Waals surface area contributed by atoms with Gasteiger partial charge >= 0.3 is 0 Å². The van der Waals surface area contributed by atoms with Gasteiger partial charge in [0.25, 0.3) is 0 Å². The van der Waals surface area contributed by atoms with Crippen LogP contribution in [0.1, 0.15) is 34.6 Å². The average Bonchev–Trinajstić information content (AvgIpc) is 2.13. The fourth-order valence-electron chi connectivity index (χ4n) is 0.821. The quantitative estimate of drug-likeness (QED) is 0.610. The standard InChI is InChI=1S/C13H22N2/c1-6-14-10-8-13(4,5)11-15-9-7-12(2)3/h6-12H,1-5H3/b9-7+,10-8-,14-6-,15-11-. The van der Waals surface area contributed by atoms with Crippen LogP contribution in [0.3, 0.4) is 0 Å². The summed E-state index contributed by atoms with van der Waals surface area (Å²) >= 11 is 0. The van der Waals surface area contributed by atoms with Gasteiger partial charge in [0.2, 0.25) is 0 Å². The highest BCUT2D eigenvalue weighted by Crippen LogP contribution is 2.13. The molecule has 0 fully saturated rings. The van der Waals surface area contributed by atoms with Crippen LogP contribution in [0.4, 0.5) is 0 Å². The summed E-state index contributed by atoms with van der Waals surface area (Å²) in [5.41, 5.74) is -0.0478. The molecule has 0 aromatic carbocycles. The molecule has 0 radical (unpaired) electrons. The van der Waals surface area contributed by atoms with Crippen LogP contribution in [0.25, 0.3) is 0 Å². The third-order valence-electron chi connectivity index (χ3n) is 1.70. The van der Waals surface area contributed by atoms with Crippen molar-refractivity contribution < 1.29 is 0 Å². The van der Waals surface area contributed by atoms with Crippen LogP contribution < -0.4 is 0 Å². The molecule has 0 unspecified atom stereocenters. The first-order valence-electron chi connectivity index (χ1n) is 5.34. The molecule has 0 bridgehead atoms. The maximum absolute atomic E-state index is 4.25. The third kappa shape index (κ3) is 9.13. The summed E-state index contributed by atoms with van der Waals surface area (Å²) in [5, 5.41) is 0. The number of nitrogens with zero attached hydrogens (tertiary/aromatic N) is 2. The molecule has 0 aromatic rings. The van der Waals surface area contributed by atoms with E-state index < -0.39 is 0 Å². The second-order valence-electron chi connectivity index (χ2n) is 4.41. The van der Waals surface area contributed by atoms with E-state index in [2.05, 4.69) is 43.8 Å². The van der Waals surface area contributed by atoms with E-state index in [0.717, 1.165) is 0 Å². The molecule has 2 nitrogen and oxygen atoms in total. The zero-order valence-electron chi connectivity index (χ0n) is 10.4. The van der Waals surface area contributed by atoms with E-state index in [1.807, 2.05) is 25.4 Å². The van der Waals surface area contributed by atoms with Crippen LogP contribution >= 0.6 is 0 Å². The lowest BCUT2D eigenvalue weighted by Crippen LogP contribution is -2.08. The van der Waals surface area contributed by atoms with E-state index in [1.165, 1.54) is 0 Å². The van der Waals surface area contributed by atoms with Crippen LogP contribution in [0.2, 0.25) is 0 Å². The molecule has 0 spiro atoms. The fourth-order valence-corrected chi connectivity index (χ4v) is 0.821. The van der Waals surface area contributed by atoms with Crippen molar-refractivity contribution in [3.63, 3.8) is 0 Å². The lowest BCUT2D eigenvalue weighted by Gasteiger charge is -2.11. The highest BCUT2D eigenvalue weighted by atomic mass is 14.7. The Morgan fingerprint density at radius 3 is 2.27 bits per heavy atom. The van der Waals surface area contributed by atoms with Crippen molar-refractivity contribution in [1.82, 2.24) is 0 Å². The molecule has 0 aliphatic rings. The van der Waals surface area contributed by atoms with Gasteiger partial charge in [-0.25, -0.2) is 0 Å².